The van der Waals surface area contributed by atoms with E-state index in [1.807, 2.05) is 6.92 Å². The number of amides is 1. The lowest BCUT2D eigenvalue weighted by Crippen LogP contribution is -2.49. The maximum atomic E-state index is 12.1. The number of carbonyl (C=O) groups excluding carboxylic acids is 2. The summed E-state index contributed by atoms with van der Waals surface area (Å²) in [5.41, 5.74) is 0. The zero-order valence-electron chi connectivity index (χ0n) is 13.1. The molecule has 0 spiro atoms. The van der Waals surface area contributed by atoms with Gasteiger partial charge in [0, 0.05) is 6.54 Å². The summed E-state index contributed by atoms with van der Waals surface area (Å²) in [6, 6.07) is -0.124. The highest BCUT2D eigenvalue weighted by Crippen LogP contribution is 2.20. The normalized spacial score (nSPS) is 18.9. The molecule has 1 atom stereocenters. The van der Waals surface area contributed by atoms with Crippen molar-refractivity contribution < 1.29 is 14.3 Å². The number of nitrogens with zero attached hydrogens (tertiary/aromatic N) is 1. The van der Waals surface area contributed by atoms with Gasteiger partial charge in [-0.15, -0.1) is 0 Å². The molecule has 1 N–H and O–H groups in total. The van der Waals surface area contributed by atoms with Crippen LogP contribution in [0.5, 0.6) is 0 Å². The second-order valence-electron chi connectivity index (χ2n) is 5.98. The number of piperidine rings is 1. The molecular weight excluding hydrogens is 256 g/mol. The quantitative estimate of drug-likeness (QED) is 0.750. The lowest BCUT2D eigenvalue weighted by Gasteiger charge is -2.34. The molecule has 20 heavy (non-hydrogen) atoms. The van der Waals surface area contributed by atoms with Crippen LogP contribution in [0.2, 0.25) is 0 Å². The minimum atomic E-state index is -0.126. The van der Waals surface area contributed by atoms with Gasteiger partial charge in [-0.2, -0.15) is 0 Å². The summed E-state index contributed by atoms with van der Waals surface area (Å²) in [5, 5.41) is 2.98. The van der Waals surface area contributed by atoms with Crippen molar-refractivity contribution >= 4 is 11.9 Å². The molecule has 0 aromatic carbocycles. The highest BCUT2D eigenvalue weighted by Gasteiger charge is 2.29. The molecule has 0 aromatic rings. The second kappa shape index (κ2) is 8.25. The Bertz CT molecular complexity index is 323. The lowest BCUT2D eigenvalue weighted by molar-refractivity contribution is -0.147. The van der Waals surface area contributed by atoms with E-state index in [0.29, 0.717) is 5.92 Å². The Morgan fingerprint density at radius 3 is 2.35 bits per heavy atom. The Morgan fingerprint density at radius 1 is 1.25 bits per heavy atom. The van der Waals surface area contributed by atoms with Gasteiger partial charge in [-0.05, 0) is 45.2 Å². The smallest absolute Gasteiger partial charge is 0.308 e. The summed E-state index contributed by atoms with van der Waals surface area (Å²) >= 11 is 0. The molecule has 0 radical (unpaired) electrons. The molecule has 0 saturated carbocycles. The standard InChI is InChI=1S/C15H28N2O3/c1-11(2)5-8-16-14(18)12(3)17-9-6-13(7-10-17)15(19)20-4/h11-13H,5-10H2,1-4H3,(H,16,18). The van der Waals surface area contributed by atoms with Crippen LogP contribution in [0, 0.1) is 11.8 Å². The van der Waals surface area contributed by atoms with Crippen LogP contribution in [0.25, 0.3) is 0 Å². The maximum absolute atomic E-state index is 12.1. The topological polar surface area (TPSA) is 58.6 Å². The van der Waals surface area contributed by atoms with E-state index < -0.39 is 0 Å². The van der Waals surface area contributed by atoms with Crippen LogP contribution in [0.15, 0.2) is 0 Å². The first kappa shape index (κ1) is 17.0. The van der Waals surface area contributed by atoms with Gasteiger partial charge in [0.25, 0.3) is 0 Å². The number of nitrogens with one attached hydrogen (secondary N) is 1. The molecule has 1 amide bonds. The Kier molecular flexibility index (Phi) is 6.99. The molecule has 1 heterocycles. The van der Waals surface area contributed by atoms with E-state index in [1.165, 1.54) is 7.11 Å². The van der Waals surface area contributed by atoms with Crippen LogP contribution in [-0.4, -0.2) is 49.6 Å². The molecule has 0 aliphatic carbocycles. The number of esters is 1. The summed E-state index contributed by atoms with van der Waals surface area (Å²) in [5.74, 6) is 0.551. The van der Waals surface area contributed by atoms with Crippen LogP contribution in [0.3, 0.4) is 0 Å². The van der Waals surface area contributed by atoms with Gasteiger partial charge in [-0.25, -0.2) is 0 Å². The predicted octanol–water partition coefficient (Wildman–Crippen LogP) is 1.42. The average Bonchev–Trinajstić information content (AvgIpc) is 2.45. The molecule has 1 aliphatic heterocycles. The molecule has 1 saturated heterocycles. The summed E-state index contributed by atoms with van der Waals surface area (Å²) in [6.07, 6.45) is 2.55. The van der Waals surface area contributed by atoms with Gasteiger partial charge in [-0.3, -0.25) is 14.5 Å². The SMILES string of the molecule is COC(=O)C1CCN(C(C)C(=O)NCCC(C)C)CC1. The Hall–Kier alpha value is -1.10. The monoisotopic (exact) mass is 284 g/mol. The Morgan fingerprint density at radius 2 is 1.85 bits per heavy atom. The van der Waals surface area contributed by atoms with Crippen LogP contribution in [-0.2, 0) is 14.3 Å². The van der Waals surface area contributed by atoms with E-state index in [4.69, 9.17) is 4.74 Å². The second-order valence-corrected chi connectivity index (χ2v) is 5.98. The number of hydrogen-bond donors (Lipinski definition) is 1. The summed E-state index contributed by atoms with van der Waals surface area (Å²) < 4.78 is 4.77. The first-order valence-electron chi connectivity index (χ1n) is 7.55. The molecular formula is C15H28N2O3. The minimum Gasteiger partial charge on any atom is -0.469 e. The van der Waals surface area contributed by atoms with Crippen molar-refractivity contribution in [2.75, 3.05) is 26.7 Å². The number of ether oxygens (including phenoxy) is 1. The van der Waals surface area contributed by atoms with Crippen molar-refractivity contribution in [2.45, 2.75) is 46.1 Å². The van der Waals surface area contributed by atoms with Crippen molar-refractivity contribution in [3.63, 3.8) is 0 Å². The van der Waals surface area contributed by atoms with Crippen molar-refractivity contribution in [2.24, 2.45) is 11.8 Å². The third-order valence-corrected chi connectivity index (χ3v) is 4.01. The Labute approximate surface area is 122 Å². The molecule has 1 rings (SSSR count). The fourth-order valence-corrected chi connectivity index (χ4v) is 2.49. The van der Waals surface area contributed by atoms with Gasteiger partial charge >= 0.3 is 5.97 Å². The molecule has 1 aliphatic rings. The van der Waals surface area contributed by atoms with Crippen LogP contribution < -0.4 is 5.32 Å². The van der Waals surface area contributed by atoms with Gasteiger partial charge in [0.1, 0.15) is 0 Å². The van der Waals surface area contributed by atoms with Crippen LogP contribution in [0.4, 0.5) is 0 Å². The predicted molar refractivity (Wildman–Crippen MR) is 78.2 cm³/mol. The largest absolute Gasteiger partial charge is 0.469 e. The zero-order valence-corrected chi connectivity index (χ0v) is 13.1. The number of carbonyl (C=O) groups is 2. The third kappa shape index (κ3) is 5.12. The Balaban J connectivity index is 2.32. The molecule has 5 nitrogen and oxygen atoms in total. The zero-order chi connectivity index (χ0) is 15.1. The first-order chi connectivity index (χ1) is 9.45. The van der Waals surface area contributed by atoms with Crippen molar-refractivity contribution in [1.82, 2.24) is 10.2 Å². The summed E-state index contributed by atoms with van der Waals surface area (Å²) in [6.45, 7) is 8.51. The maximum Gasteiger partial charge on any atom is 0.308 e. The minimum absolute atomic E-state index is 0.00699. The number of rotatable bonds is 6. The van der Waals surface area contributed by atoms with Gasteiger partial charge in [-0.1, -0.05) is 13.8 Å². The molecule has 0 aromatic heterocycles. The van der Waals surface area contributed by atoms with Gasteiger partial charge < -0.3 is 10.1 Å². The molecule has 5 heteroatoms. The molecule has 0 bridgehead atoms. The van der Waals surface area contributed by atoms with E-state index in [0.717, 1.165) is 38.9 Å². The van der Waals surface area contributed by atoms with Gasteiger partial charge in [0.05, 0.1) is 19.1 Å². The highest BCUT2D eigenvalue weighted by molar-refractivity contribution is 5.81. The van der Waals surface area contributed by atoms with Gasteiger partial charge in [0.2, 0.25) is 5.91 Å². The summed E-state index contributed by atoms with van der Waals surface area (Å²) in [4.78, 5) is 25.7. The fraction of sp³-hybridized carbons (Fsp3) is 0.867. The van der Waals surface area contributed by atoms with E-state index in [1.54, 1.807) is 0 Å². The number of hydrogen-bond acceptors (Lipinski definition) is 4. The molecule has 116 valence electrons. The van der Waals surface area contributed by atoms with Crippen molar-refractivity contribution in [1.29, 1.82) is 0 Å². The van der Waals surface area contributed by atoms with E-state index >= 15 is 0 Å². The number of likely N-dealkylation sites (tertiary alicyclic amines) is 1. The summed E-state index contributed by atoms with van der Waals surface area (Å²) in [7, 11) is 1.43. The van der Waals surface area contributed by atoms with Crippen LogP contribution in [0.1, 0.15) is 40.0 Å². The molecule has 1 unspecified atom stereocenters. The van der Waals surface area contributed by atoms with Crippen molar-refractivity contribution in [3.05, 3.63) is 0 Å². The van der Waals surface area contributed by atoms with E-state index in [-0.39, 0.29) is 23.8 Å². The first-order valence-corrected chi connectivity index (χ1v) is 7.55. The van der Waals surface area contributed by atoms with Gasteiger partial charge in [0.15, 0.2) is 0 Å². The van der Waals surface area contributed by atoms with E-state index in [2.05, 4.69) is 24.1 Å². The van der Waals surface area contributed by atoms with E-state index in [9.17, 15) is 9.59 Å². The van der Waals surface area contributed by atoms with Crippen LogP contribution >= 0.6 is 0 Å². The lowest BCUT2D eigenvalue weighted by atomic mass is 9.96. The third-order valence-electron chi connectivity index (χ3n) is 4.01. The highest BCUT2D eigenvalue weighted by atomic mass is 16.5. The van der Waals surface area contributed by atoms with Crippen molar-refractivity contribution in [3.8, 4) is 0 Å². The molecule has 1 fully saturated rings. The fourth-order valence-electron chi connectivity index (χ4n) is 2.49. The number of methoxy groups -OCH3 is 1. The average molecular weight is 284 g/mol.